The van der Waals surface area contributed by atoms with E-state index in [0.29, 0.717) is 12.2 Å². The third kappa shape index (κ3) is 4.43. The molecule has 0 bridgehead atoms. The van der Waals surface area contributed by atoms with E-state index in [4.69, 9.17) is 4.74 Å². The van der Waals surface area contributed by atoms with E-state index in [-0.39, 0.29) is 5.78 Å². The van der Waals surface area contributed by atoms with E-state index < -0.39 is 0 Å². The number of ketones is 1. The summed E-state index contributed by atoms with van der Waals surface area (Å²) in [6.45, 7) is 4.06. The third-order valence-electron chi connectivity index (χ3n) is 2.80. The average Bonchev–Trinajstić information content (AvgIpc) is 2.52. The van der Waals surface area contributed by atoms with Crippen LogP contribution >= 0.6 is 15.9 Å². The van der Waals surface area contributed by atoms with Gasteiger partial charge in [-0.1, -0.05) is 58.9 Å². The standard InChI is InChI=1S/C18H15BrO2/c1-2-12-21-18-11-9-16(19)13-15(18)8-10-17(20)14-6-4-3-5-7-14/h2-11,13H,1,12H2/b10-8+. The highest BCUT2D eigenvalue weighted by Gasteiger charge is 2.04. The number of hydrogen-bond acceptors (Lipinski definition) is 2. The van der Waals surface area contributed by atoms with Crippen LogP contribution in [0, 0.1) is 0 Å². The molecule has 2 nitrogen and oxygen atoms in total. The van der Waals surface area contributed by atoms with Gasteiger partial charge in [-0.25, -0.2) is 0 Å². The highest BCUT2D eigenvalue weighted by molar-refractivity contribution is 9.10. The summed E-state index contributed by atoms with van der Waals surface area (Å²) in [6.07, 6.45) is 5.00. The lowest BCUT2D eigenvalue weighted by Gasteiger charge is -2.07. The van der Waals surface area contributed by atoms with Crippen LogP contribution in [0.25, 0.3) is 6.08 Å². The Bertz CT molecular complexity index is 660. The summed E-state index contributed by atoms with van der Waals surface area (Å²) in [7, 11) is 0. The predicted molar refractivity (Wildman–Crippen MR) is 89.6 cm³/mol. The smallest absolute Gasteiger partial charge is 0.185 e. The minimum atomic E-state index is -0.0368. The van der Waals surface area contributed by atoms with Crippen LogP contribution in [0.2, 0.25) is 0 Å². The molecular weight excluding hydrogens is 328 g/mol. The lowest BCUT2D eigenvalue weighted by Crippen LogP contribution is -1.96. The summed E-state index contributed by atoms with van der Waals surface area (Å²) in [4.78, 5) is 12.1. The molecule has 106 valence electrons. The molecule has 0 heterocycles. The van der Waals surface area contributed by atoms with E-state index in [1.165, 1.54) is 0 Å². The molecule has 0 radical (unpaired) electrons. The van der Waals surface area contributed by atoms with Crippen molar-refractivity contribution in [1.82, 2.24) is 0 Å². The maximum Gasteiger partial charge on any atom is 0.185 e. The first-order valence-corrected chi connectivity index (χ1v) is 7.30. The Labute approximate surface area is 132 Å². The van der Waals surface area contributed by atoms with Crippen molar-refractivity contribution in [2.45, 2.75) is 0 Å². The van der Waals surface area contributed by atoms with E-state index in [0.717, 1.165) is 15.8 Å². The number of carbonyl (C=O) groups is 1. The molecule has 0 N–H and O–H groups in total. The second kappa shape index (κ2) is 7.60. The summed E-state index contributed by atoms with van der Waals surface area (Å²) in [5, 5.41) is 0. The molecule has 21 heavy (non-hydrogen) atoms. The monoisotopic (exact) mass is 342 g/mol. The van der Waals surface area contributed by atoms with Crippen LogP contribution in [0.1, 0.15) is 15.9 Å². The van der Waals surface area contributed by atoms with Crippen LogP contribution in [0.4, 0.5) is 0 Å². The largest absolute Gasteiger partial charge is 0.489 e. The van der Waals surface area contributed by atoms with Crippen LogP contribution in [0.3, 0.4) is 0 Å². The molecule has 0 unspecified atom stereocenters. The van der Waals surface area contributed by atoms with Crippen LogP contribution in [-0.2, 0) is 0 Å². The summed E-state index contributed by atoms with van der Waals surface area (Å²) in [6, 6.07) is 14.8. The summed E-state index contributed by atoms with van der Waals surface area (Å²) < 4.78 is 6.51. The van der Waals surface area contributed by atoms with Crippen LogP contribution in [0.5, 0.6) is 5.75 Å². The highest BCUT2D eigenvalue weighted by atomic mass is 79.9. The maximum absolute atomic E-state index is 12.1. The number of halogens is 1. The number of hydrogen-bond donors (Lipinski definition) is 0. The van der Waals surface area contributed by atoms with Crippen molar-refractivity contribution in [3.05, 3.63) is 82.9 Å². The summed E-state index contributed by atoms with van der Waals surface area (Å²) in [5.74, 6) is 0.681. The van der Waals surface area contributed by atoms with Crippen molar-refractivity contribution in [3.8, 4) is 5.75 Å². The Morgan fingerprint density at radius 1 is 1.19 bits per heavy atom. The molecule has 0 aliphatic rings. The van der Waals surface area contributed by atoms with E-state index in [1.807, 2.05) is 36.4 Å². The van der Waals surface area contributed by atoms with Crippen molar-refractivity contribution in [2.24, 2.45) is 0 Å². The second-order valence-corrected chi connectivity index (χ2v) is 5.26. The molecule has 0 fully saturated rings. The Hall–Kier alpha value is -2.13. The van der Waals surface area contributed by atoms with Gasteiger partial charge in [0.05, 0.1) is 0 Å². The Balaban J connectivity index is 2.21. The number of benzene rings is 2. The number of allylic oxidation sites excluding steroid dienone is 1. The van der Waals surface area contributed by atoms with Crippen LogP contribution in [0.15, 0.2) is 71.7 Å². The SMILES string of the molecule is C=CCOc1ccc(Br)cc1/C=C/C(=O)c1ccccc1. The molecule has 0 saturated carbocycles. The fourth-order valence-electron chi connectivity index (χ4n) is 1.79. The van der Waals surface area contributed by atoms with E-state index >= 15 is 0 Å². The minimum absolute atomic E-state index is 0.0368. The molecule has 0 saturated heterocycles. The van der Waals surface area contributed by atoms with Crippen molar-refractivity contribution >= 4 is 27.8 Å². The Morgan fingerprint density at radius 3 is 2.67 bits per heavy atom. The van der Waals surface area contributed by atoms with E-state index in [2.05, 4.69) is 22.5 Å². The van der Waals surface area contributed by atoms with Gasteiger partial charge in [0.2, 0.25) is 0 Å². The zero-order chi connectivity index (χ0) is 15.1. The molecule has 0 amide bonds. The quantitative estimate of drug-likeness (QED) is 0.423. The van der Waals surface area contributed by atoms with Crippen molar-refractivity contribution < 1.29 is 9.53 Å². The normalized spacial score (nSPS) is 10.5. The van der Waals surface area contributed by atoms with Gasteiger partial charge < -0.3 is 4.74 Å². The molecule has 0 aliphatic heterocycles. The first-order valence-electron chi connectivity index (χ1n) is 6.51. The maximum atomic E-state index is 12.1. The Kier molecular flexibility index (Phi) is 5.52. The molecule has 2 aromatic carbocycles. The predicted octanol–water partition coefficient (Wildman–Crippen LogP) is 4.91. The molecule has 0 atom stereocenters. The van der Waals surface area contributed by atoms with Crippen molar-refractivity contribution in [2.75, 3.05) is 6.61 Å². The molecular formula is C18H15BrO2. The fourth-order valence-corrected chi connectivity index (χ4v) is 2.17. The molecule has 0 aromatic heterocycles. The molecule has 2 rings (SSSR count). The van der Waals surface area contributed by atoms with Gasteiger partial charge in [0.15, 0.2) is 5.78 Å². The van der Waals surface area contributed by atoms with Crippen LogP contribution < -0.4 is 4.74 Å². The van der Waals surface area contributed by atoms with Gasteiger partial charge >= 0.3 is 0 Å². The Morgan fingerprint density at radius 2 is 1.95 bits per heavy atom. The van der Waals surface area contributed by atoms with Gasteiger partial charge in [-0.2, -0.15) is 0 Å². The minimum Gasteiger partial charge on any atom is -0.489 e. The first-order chi connectivity index (χ1) is 10.2. The molecule has 3 heteroatoms. The van der Waals surface area contributed by atoms with Gasteiger partial charge in [0.25, 0.3) is 0 Å². The summed E-state index contributed by atoms with van der Waals surface area (Å²) >= 11 is 3.42. The number of carbonyl (C=O) groups excluding carboxylic acids is 1. The zero-order valence-electron chi connectivity index (χ0n) is 11.5. The van der Waals surface area contributed by atoms with Gasteiger partial charge in [0.1, 0.15) is 12.4 Å². The average molecular weight is 343 g/mol. The molecule has 0 aliphatic carbocycles. The van der Waals surface area contributed by atoms with E-state index in [1.54, 1.807) is 30.4 Å². The lowest BCUT2D eigenvalue weighted by molar-refractivity contribution is 0.104. The van der Waals surface area contributed by atoms with E-state index in [9.17, 15) is 4.79 Å². The first kappa shape index (κ1) is 15.3. The lowest BCUT2D eigenvalue weighted by atomic mass is 10.1. The van der Waals surface area contributed by atoms with Gasteiger partial charge in [0, 0.05) is 15.6 Å². The summed E-state index contributed by atoms with van der Waals surface area (Å²) in [5.41, 5.74) is 1.51. The topological polar surface area (TPSA) is 26.3 Å². The highest BCUT2D eigenvalue weighted by Crippen LogP contribution is 2.24. The van der Waals surface area contributed by atoms with Gasteiger partial charge in [-0.05, 0) is 30.4 Å². The molecule has 2 aromatic rings. The zero-order valence-corrected chi connectivity index (χ0v) is 13.0. The van der Waals surface area contributed by atoms with Crippen molar-refractivity contribution in [1.29, 1.82) is 0 Å². The second-order valence-electron chi connectivity index (χ2n) is 4.35. The van der Waals surface area contributed by atoms with Crippen molar-refractivity contribution in [3.63, 3.8) is 0 Å². The third-order valence-corrected chi connectivity index (χ3v) is 3.29. The number of rotatable bonds is 6. The fraction of sp³-hybridized carbons (Fsp3) is 0.0556. The number of ether oxygens (including phenoxy) is 1. The van der Waals surface area contributed by atoms with Gasteiger partial charge in [-0.3, -0.25) is 4.79 Å². The van der Waals surface area contributed by atoms with Gasteiger partial charge in [-0.15, -0.1) is 0 Å². The van der Waals surface area contributed by atoms with Crippen LogP contribution in [-0.4, -0.2) is 12.4 Å². The molecule has 0 spiro atoms.